The van der Waals surface area contributed by atoms with E-state index in [2.05, 4.69) is 0 Å². The summed E-state index contributed by atoms with van der Waals surface area (Å²) in [4.78, 5) is 12.1. The molecule has 0 aromatic carbocycles. The summed E-state index contributed by atoms with van der Waals surface area (Å²) in [5.41, 5.74) is -0.600. The Kier molecular flexibility index (Phi) is 3.11. The summed E-state index contributed by atoms with van der Waals surface area (Å²) >= 11 is -1.73. The fraction of sp³-hybridized carbons (Fsp3) is 0.917. The molecule has 2 saturated heterocycles. The Hall–Kier alpha value is -0.660. The highest BCUT2D eigenvalue weighted by Crippen LogP contribution is 2.54. The first-order chi connectivity index (χ1) is 8.88. The Labute approximate surface area is 115 Å². The van der Waals surface area contributed by atoms with Gasteiger partial charge in [-0.15, -0.1) is 0 Å². The molecule has 0 aromatic rings. The molecule has 0 spiro atoms. The van der Waals surface area contributed by atoms with E-state index in [0.29, 0.717) is 24.4 Å². The van der Waals surface area contributed by atoms with Gasteiger partial charge in [0, 0.05) is 0 Å². The smallest absolute Gasteiger partial charge is 0.424 e. The third-order valence-electron chi connectivity index (χ3n) is 3.84. The monoisotopic (exact) mass is 289 g/mol. The van der Waals surface area contributed by atoms with Crippen LogP contribution >= 0.6 is 0 Å². The fourth-order valence-corrected chi connectivity index (χ4v) is 3.94. The molecule has 2 aliphatic heterocycles. The first-order valence-corrected chi connectivity index (χ1v) is 7.57. The molecule has 0 radical (unpaired) electrons. The van der Waals surface area contributed by atoms with Crippen LogP contribution in [0.3, 0.4) is 0 Å². The van der Waals surface area contributed by atoms with E-state index in [-0.39, 0.29) is 6.04 Å². The maximum atomic E-state index is 12.1. The highest BCUT2D eigenvalue weighted by Gasteiger charge is 2.61. The van der Waals surface area contributed by atoms with Crippen LogP contribution in [-0.2, 0) is 24.9 Å². The van der Waals surface area contributed by atoms with Crippen LogP contribution in [0.15, 0.2) is 0 Å². The lowest BCUT2D eigenvalue weighted by atomic mass is 10.1. The van der Waals surface area contributed by atoms with Crippen molar-refractivity contribution in [3.05, 3.63) is 0 Å². The zero-order valence-electron chi connectivity index (χ0n) is 11.3. The minimum Gasteiger partial charge on any atom is -0.443 e. The van der Waals surface area contributed by atoms with Gasteiger partial charge < -0.3 is 9.47 Å². The van der Waals surface area contributed by atoms with Gasteiger partial charge in [-0.2, -0.15) is 4.31 Å². The van der Waals surface area contributed by atoms with Gasteiger partial charge in [-0.1, -0.05) is 0 Å². The Balaban J connectivity index is 1.71. The van der Waals surface area contributed by atoms with Crippen LogP contribution in [0, 0.1) is 17.8 Å². The quantitative estimate of drug-likeness (QED) is 0.723. The van der Waals surface area contributed by atoms with Gasteiger partial charge in [-0.05, 0) is 38.5 Å². The molecule has 6 nitrogen and oxygen atoms in total. The molecule has 5 atom stereocenters. The van der Waals surface area contributed by atoms with E-state index in [9.17, 15) is 9.00 Å². The van der Waals surface area contributed by atoms with Crippen LogP contribution in [0.25, 0.3) is 0 Å². The highest BCUT2D eigenvalue weighted by atomic mass is 32.2. The molecular formula is C12H19NO5S. The van der Waals surface area contributed by atoms with E-state index < -0.39 is 23.0 Å². The SMILES string of the molecule is CC(C)(C)OC(=O)N1C([C@@H]2[C@@H]3COC[C@@H]32)COS1=O. The van der Waals surface area contributed by atoms with Crippen molar-refractivity contribution in [2.75, 3.05) is 19.8 Å². The lowest BCUT2D eigenvalue weighted by Crippen LogP contribution is -2.42. The lowest BCUT2D eigenvalue weighted by Gasteiger charge is -2.26. The van der Waals surface area contributed by atoms with Crippen molar-refractivity contribution in [3.8, 4) is 0 Å². The molecular weight excluding hydrogens is 270 g/mol. The molecule has 0 bridgehead atoms. The average molecular weight is 289 g/mol. The molecule has 3 aliphatic rings. The van der Waals surface area contributed by atoms with Crippen molar-refractivity contribution in [1.29, 1.82) is 0 Å². The van der Waals surface area contributed by atoms with Crippen molar-refractivity contribution in [3.63, 3.8) is 0 Å². The van der Waals surface area contributed by atoms with Crippen molar-refractivity contribution < 1.29 is 22.7 Å². The third kappa shape index (κ3) is 2.39. The molecule has 2 unspecified atom stereocenters. The van der Waals surface area contributed by atoms with E-state index in [1.54, 1.807) is 20.8 Å². The summed E-state index contributed by atoms with van der Waals surface area (Å²) in [5.74, 6) is 1.30. The molecule has 1 aliphatic carbocycles. The number of hydrogen-bond acceptors (Lipinski definition) is 5. The largest absolute Gasteiger partial charge is 0.443 e. The second kappa shape index (κ2) is 4.43. The Morgan fingerprint density at radius 3 is 2.47 bits per heavy atom. The van der Waals surface area contributed by atoms with E-state index in [4.69, 9.17) is 13.7 Å². The number of rotatable bonds is 1. The van der Waals surface area contributed by atoms with Crippen LogP contribution in [0.2, 0.25) is 0 Å². The summed E-state index contributed by atoms with van der Waals surface area (Å²) in [6.07, 6.45) is -0.556. The van der Waals surface area contributed by atoms with Crippen molar-refractivity contribution in [2.24, 2.45) is 17.8 Å². The molecule has 7 heteroatoms. The van der Waals surface area contributed by atoms with Crippen molar-refractivity contribution >= 4 is 17.4 Å². The van der Waals surface area contributed by atoms with E-state index in [1.165, 1.54) is 4.31 Å². The zero-order valence-corrected chi connectivity index (χ0v) is 12.1. The van der Waals surface area contributed by atoms with Gasteiger partial charge in [0.1, 0.15) is 5.60 Å². The van der Waals surface area contributed by atoms with Crippen LogP contribution < -0.4 is 0 Å². The highest BCUT2D eigenvalue weighted by molar-refractivity contribution is 7.78. The summed E-state index contributed by atoms with van der Waals surface area (Å²) in [6.45, 7) is 7.17. The van der Waals surface area contributed by atoms with Crippen LogP contribution in [-0.4, -0.2) is 46.1 Å². The Morgan fingerprint density at radius 2 is 1.89 bits per heavy atom. The Bertz CT molecular complexity index is 411. The first-order valence-electron chi connectivity index (χ1n) is 6.53. The van der Waals surface area contributed by atoms with Gasteiger partial charge in [0.05, 0.1) is 25.9 Å². The van der Waals surface area contributed by atoms with E-state index >= 15 is 0 Å². The predicted molar refractivity (Wildman–Crippen MR) is 67.2 cm³/mol. The lowest BCUT2D eigenvalue weighted by molar-refractivity contribution is 0.0327. The number of carbonyl (C=O) groups is 1. The summed E-state index contributed by atoms with van der Waals surface area (Å²) < 4.78 is 28.9. The predicted octanol–water partition coefficient (Wildman–Crippen LogP) is 1.09. The molecule has 108 valence electrons. The second-order valence-electron chi connectivity index (χ2n) is 6.32. The molecule has 1 amide bonds. The fourth-order valence-electron chi connectivity index (χ4n) is 2.99. The van der Waals surface area contributed by atoms with Gasteiger partial charge in [0.15, 0.2) is 0 Å². The molecule has 2 heterocycles. The van der Waals surface area contributed by atoms with Gasteiger partial charge >= 0.3 is 6.09 Å². The van der Waals surface area contributed by atoms with Crippen molar-refractivity contribution in [1.82, 2.24) is 4.31 Å². The molecule has 0 N–H and O–H groups in total. The topological polar surface area (TPSA) is 65.1 Å². The van der Waals surface area contributed by atoms with Gasteiger partial charge in [-0.3, -0.25) is 4.18 Å². The Morgan fingerprint density at radius 1 is 1.26 bits per heavy atom. The first kappa shape index (κ1) is 13.3. The minimum absolute atomic E-state index is 0.144. The van der Waals surface area contributed by atoms with Crippen LogP contribution in [0.4, 0.5) is 4.79 Å². The van der Waals surface area contributed by atoms with Crippen LogP contribution in [0.1, 0.15) is 20.8 Å². The number of ether oxygens (including phenoxy) is 2. The van der Waals surface area contributed by atoms with Gasteiger partial charge in [-0.25, -0.2) is 9.00 Å². The van der Waals surface area contributed by atoms with E-state index in [0.717, 1.165) is 13.2 Å². The number of carbonyl (C=O) groups excluding carboxylic acids is 1. The summed E-state index contributed by atoms with van der Waals surface area (Å²) in [7, 11) is 0. The molecule has 3 fully saturated rings. The minimum atomic E-state index is -1.73. The van der Waals surface area contributed by atoms with Gasteiger partial charge in [0.2, 0.25) is 0 Å². The normalized spacial score (nSPS) is 41.2. The molecule has 3 rings (SSSR count). The number of fused-ring (bicyclic) bond motifs is 1. The summed E-state index contributed by atoms with van der Waals surface area (Å²) in [5, 5.41) is 0. The molecule has 1 saturated carbocycles. The average Bonchev–Trinajstić information content (AvgIpc) is 2.68. The number of hydrogen-bond donors (Lipinski definition) is 0. The number of nitrogens with zero attached hydrogens (tertiary/aromatic N) is 1. The zero-order chi connectivity index (χ0) is 13.8. The molecule has 19 heavy (non-hydrogen) atoms. The van der Waals surface area contributed by atoms with Crippen LogP contribution in [0.5, 0.6) is 0 Å². The standard InChI is InChI=1S/C12H19NO5S/c1-12(2,3)18-11(14)13-9(6-17-19(13)15)10-7-4-16-5-8(7)10/h7-10H,4-6H2,1-3H3/t7-,8+,9?,10-,19?. The third-order valence-corrected chi connectivity index (χ3v) is 4.92. The maximum absolute atomic E-state index is 12.1. The van der Waals surface area contributed by atoms with Gasteiger partial charge in [0.25, 0.3) is 11.3 Å². The number of amides is 1. The van der Waals surface area contributed by atoms with Crippen molar-refractivity contribution in [2.45, 2.75) is 32.4 Å². The van der Waals surface area contributed by atoms with E-state index in [1.807, 2.05) is 0 Å². The summed E-state index contributed by atoms with van der Waals surface area (Å²) in [6, 6.07) is -0.144. The maximum Gasteiger partial charge on any atom is 0.424 e. The molecule has 0 aromatic heterocycles. The second-order valence-corrected chi connectivity index (χ2v) is 7.38.